The van der Waals surface area contributed by atoms with Crippen molar-refractivity contribution in [2.75, 3.05) is 5.32 Å². The second-order valence-electron chi connectivity index (χ2n) is 4.68. The summed E-state index contributed by atoms with van der Waals surface area (Å²) >= 11 is 0. The molecule has 0 aromatic heterocycles. The van der Waals surface area contributed by atoms with Gasteiger partial charge in [0.2, 0.25) is 0 Å². The average Bonchev–Trinajstić information content (AvgIpc) is 2.61. The van der Waals surface area contributed by atoms with Gasteiger partial charge in [-0.2, -0.15) is 0 Å². The predicted molar refractivity (Wildman–Crippen MR) is 72.3 cm³/mol. The summed E-state index contributed by atoms with van der Waals surface area (Å²) in [4.78, 5) is 35.5. The number of nitrogens with one attached hydrogen (secondary N) is 1. The van der Waals surface area contributed by atoms with Gasteiger partial charge in [0.15, 0.2) is 11.6 Å². The Morgan fingerprint density at radius 3 is 2.47 bits per heavy atom. The first-order valence-electron chi connectivity index (χ1n) is 6.15. The van der Waals surface area contributed by atoms with Gasteiger partial charge in [0.1, 0.15) is 0 Å². The third-order valence-electron chi connectivity index (χ3n) is 3.24. The van der Waals surface area contributed by atoms with E-state index in [0.29, 0.717) is 28.8 Å². The van der Waals surface area contributed by atoms with Crippen LogP contribution in [0.3, 0.4) is 0 Å². The highest BCUT2D eigenvalue weighted by Crippen LogP contribution is 2.30. The van der Waals surface area contributed by atoms with E-state index in [0.717, 1.165) is 0 Å². The van der Waals surface area contributed by atoms with Crippen LogP contribution in [0.5, 0.6) is 0 Å². The fourth-order valence-electron chi connectivity index (χ4n) is 2.14. The molecule has 4 nitrogen and oxygen atoms in total. The number of anilines is 1. The van der Waals surface area contributed by atoms with Crippen molar-refractivity contribution in [3.63, 3.8) is 0 Å². The Morgan fingerprint density at radius 1 is 1.26 bits per heavy atom. The Labute approximate surface area is 111 Å². The molecule has 2 rings (SSSR count). The molecule has 98 valence electrons. The number of benzene rings is 1. The van der Waals surface area contributed by atoms with Gasteiger partial charge in [-0.05, 0) is 31.5 Å². The van der Waals surface area contributed by atoms with Crippen LogP contribution in [0.4, 0.5) is 5.69 Å². The van der Waals surface area contributed by atoms with Crippen molar-refractivity contribution in [1.29, 1.82) is 0 Å². The van der Waals surface area contributed by atoms with Crippen LogP contribution in [0.1, 0.15) is 41.0 Å². The highest BCUT2D eigenvalue weighted by atomic mass is 16.2. The van der Waals surface area contributed by atoms with Gasteiger partial charge in [-0.15, -0.1) is 0 Å². The number of Topliss-reactive ketones (excluding diaryl/α,β-unsaturated/α-hetero) is 2. The van der Waals surface area contributed by atoms with E-state index in [9.17, 15) is 14.4 Å². The summed E-state index contributed by atoms with van der Waals surface area (Å²) in [6.45, 7) is 6.96. The van der Waals surface area contributed by atoms with Crippen LogP contribution in [-0.2, 0) is 4.79 Å². The lowest BCUT2D eigenvalue weighted by atomic mass is 10.0. The van der Waals surface area contributed by atoms with Gasteiger partial charge < -0.3 is 5.32 Å². The van der Waals surface area contributed by atoms with E-state index in [1.54, 1.807) is 25.1 Å². The van der Waals surface area contributed by atoms with Crippen LogP contribution in [0.25, 0.3) is 0 Å². The zero-order valence-corrected chi connectivity index (χ0v) is 10.9. The lowest BCUT2D eigenvalue weighted by Crippen LogP contribution is -2.13. The summed E-state index contributed by atoms with van der Waals surface area (Å²) in [6, 6.07) is 4.79. The van der Waals surface area contributed by atoms with Gasteiger partial charge in [0, 0.05) is 22.4 Å². The number of fused-ring (bicyclic) bond motifs is 1. The van der Waals surface area contributed by atoms with Crippen molar-refractivity contribution in [2.24, 2.45) is 5.92 Å². The molecular formula is C15H15NO3. The zero-order chi connectivity index (χ0) is 14.2. The number of hydrogen-bond donors (Lipinski definition) is 1. The molecule has 1 aromatic rings. The van der Waals surface area contributed by atoms with Crippen molar-refractivity contribution < 1.29 is 14.4 Å². The molecule has 0 radical (unpaired) electrons. The van der Waals surface area contributed by atoms with Crippen LogP contribution in [0.2, 0.25) is 0 Å². The van der Waals surface area contributed by atoms with Gasteiger partial charge in [0.05, 0.1) is 5.92 Å². The number of carbonyl (C=O) groups excluding carboxylic acids is 3. The third-order valence-corrected chi connectivity index (χ3v) is 3.24. The second-order valence-corrected chi connectivity index (χ2v) is 4.68. The van der Waals surface area contributed by atoms with Gasteiger partial charge in [-0.1, -0.05) is 13.5 Å². The molecule has 1 aliphatic rings. The van der Waals surface area contributed by atoms with Crippen molar-refractivity contribution >= 4 is 23.2 Å². The lowest BCUT2D eigenvalue weighted by Gasteiger charge is -2.05. The van der Waals surface area contributed by atoms with E-state index in [4.69, 9.17) is 0 Å². The summed E-state index contributed by atoms with van der Waals surface area (Å²) in [7, 11) is 0. The van der Waals surface area contributed by atoms with E-state index in [-0.39, 0.29) is 17.5 Å². The molecule has 0 heterocycles. The smallest absolute Gasteiger partial charge is 0.250 e. The molecule has 19 heavy (non-hydrogen) atoms. The average molecular weight is 257 g/mol. The molecule has 1 aromatic carbocycles. The standard InChI is InChI=1S/C15H15NO3/c1-4-10-13(17)11-6-5-9(7-12(11)14(10)18)16-15(19)8(2)3/h5-7,10H,2,4H2,1,3H3,(H,16,19). The highest BCUT2D eigenvalue weighted by molar-refractivity contribution is 6.26. The summed E-state index contributed by atoms with van der Waals surface area (Å²) in [5, 5.41) is 2.64. The number of carbonyl (C=O) groups is 3. The first kappa shape index (κ1) is 13.2. The Balaban J connectivity index is 2.34. The fraction of sp³-hybridized carbons (Fsp3) is 0.267. The maximum atomic E-state index is 12.1. The molecule has 1 aliphatic carbocycles. The first-order chi connectivity index (χ1) is 8.95. The van der Waals surface area contributed by atoms with Crippen LogP contribution >= 0.6 is 0 Å². The van der Waals surface area contributed by atoms with Gasteiger partial charge >= 0.3 is 0 Å². The van der Waals surface area contributed by atoms with E-state index < -0.39 is 5.92 Å². The third kappa shape index (κ3) is 2.21. The lowest BCUT2D eigenvalue weighted by molar-refractivity contribution is -0.112. The molecule has 0 bridgehead atoms. The monoisotopic (exact) mass is 257 g/mol. The van der Waals surface area contributed by atoms with Gasteiger partial charge in [0.25, 0.3) is 5.91 Å². The number of ketones is 2. The number of rotatable bonds is 3. The first-order valence-corrected chi connectivity index (χ1v) is 6.15. The minimum absolute atomic E-state index is 0.125. The van der Waals surface area contributed by atoms with Crippen molar-refractivity contribution in [2.45, 2.75) is 20.3 Å². The maximum absolute atomic E-state index is 12.1. The maximum Gasteiger partial charge on any atom is 0.250 e. The van der Waals surface area contributed by atoms with Crippen LogP contribution < -0.4 is 5.32 Å². The topological polar surface area (TPSA) is 63.2 Å². The van der Waals surface area contributed by atoms with Crippen molar-refractivity contribution in [1.82, 2.24) is 0 Å². The quantitative estimate of drug-likeness (QED) is 0.668. The summed E-state index contributed by atoms with van der Waals surface area (Å²) in [5.41, 5.74) is 1.74. The Morgan fingerprint density at radius 2 is 1.89 bits per heavy atom. The predicted octanol–water partition coefficient (Wildman–Crippen LogP) is 2.61. The summed E-state index contributed by atoms with van der Waals surface area (Å²) < 4.78 is 0. The van der Waals surface area contributed by atoms with E-state index in [1.165, 1.54) is 0 Å². The minimum Gasteiger partial charge on any atom is -0.322 e. The van der Waals surface area contributed by atoms with Crippen LogP contribution in [0.15, 0.2) is 30.4 Å². The molecule has 1 atom stereocenters. The SMILES string of the molecule is C=C(C)C(=O)Nc1ccc2c(c1)C(=O)C(CC)C2=O. The molecule has 0 aliphatic heterocycles. The van der Waals surface area contributed by atoms with E-state index >= 15 is 0 Å². The number of hydrogen-bond acceptors (Lipinski definition) is 3. The molecule has 1 amide bonds. The second kappa shape index (κ2) is 4.80. The zero-order valence-electron chi connectivity index (χ0n) is 10.9. The Bertz CT molecular complexity index is 601. The highest BCUT2D eigenvalue weighted by Gasteiger charge is 2.37. The summed E-state index contributed by atoms with van der Waals surface area (Å²) in [6.07, 6.45) is 0.500. The molecular weight excluding hydrogens is 242 g/mol. The molecule has 0 spiro atoms. The molecule has 1 unspecified atom stereocenters. The van der Waals surface area contributed by atoms with Crippen molar-refractivity contribution in [3.8, 4) is 0 Å². The molecule has 1 N–H and O–H groups in total. The molecule has 0 saturated heterocycles. The molecule has 0 saturated carbocycles. The van der Waals surface area contributed by atoms with Crippen LogP contribution in [0, 0.1) is 5.92 Å². The molecule has 0 fully saturated rings. The van der Waals surface area contributed by atoms with Crippen LogP contribution in [-0.4, -0.2) is 17.5 Å². The van der Waals surface area contributed by atoms with Crippen molar-refractivity contribution in [3.05, 3.63) is 41.5 Å². The Kier molecular flexibility index (Phi) is 3.34. The van der Waals surface area contributed by atoms with E-state index in [2.05, 4.69) is 11.9 Å². The van der Waals surface area contributed by atoms with Gasteiger partial charge in [-0.3, -0.25) is 14.4 Å². The van der Waals surface area contributed by atoms with Gasteiger partial charge in [-0.25, -0.2) is 0 Å². The molecule has 4 heteroatoms. The largest absolute Gasteiger partial charge is 0.322 e. The number of amides is 1. The van der Waals surface area contributed by atoms with E-state index in [1.807, 2.05) is 6.92 Å². The normalized spacial score (nSPS) is 17.3. The minimum atomic E-state index is -0.568. The fourth-order valence-corrected chi connectivity index (χ4v) is 2.14. The summed E-state index contributed by atoms with van der Waals surface area (Å²) in [5.74, 6) is -1.15. The Hall–Kier alpha value is -2.23.